The fourth-order valence-electron chi connectivity index (χ4n) is 8.59. The number of thioether (sulfide) groups is 2. The molecule has 0 saturated carbocycles. The quantitative estimate of drug-likeness (QED) is 0.137. The number of fused-ring (bicyclic) bond motifs is 9. The second kappa shape index (κ2) is 12.8. The van der Waals surface area contributed by atoms with Crippen LogP contribution in [0.25, 0.3) is 33.1 Å². The molecule has 2 aliphatic heterocycles. The molecular weight excluding hydrogens is 675 g/mol. The van der Waals surface area contributed by atoms with Crippen LogP contribution >= 0.6 is 23.5 Å². The molecule has 3 heterocycles. The fourth-order valence-corrected chi connectivity index (χ4v) is 11.5. The molecule has 4 aliphatic rings. The maximum absolute atomic E-state index is 6.91. The van der Waals surface area contributed by atoms with Crippen molar-refractivity contribution in [2.75, 3.05) is 0 Å². The topological polar surface area (TPSA) is 63.2 Å². The minimum Gasteiger partial charge on any atom is -0.455 e. The Bertz CT molecular complexity index is 2480. The van der Waals surface area contributed by atoms with Gasteiger partial charge in [-0.05, 0) is 64.6 Å². The number of nitrogens with two attached hydrogens (primary N) is 1. The summed E-state index contributed by atoms with van der Waals surface area (Å²) in [5.74, 6) is 0.598. The monoisotopic (exact) mass is 713 g/mol. The summed E-state index contributed by atoms with van der Waals surface area (Å²) in [6, 6.07) is 38.9. The molecule has 6 aromatic rings. The number of benzene rings is 5. The van der Waals surface area contributed by atoms with Crippen LogP contribution in [0.2, 0.25) is 0 Å². The Morgan fingerprint density at radius 1 is 0.827 bits per heavy atom. The van der Waals surface area contributed by atoms with E-state index < -0.39 is 0 Å². The van der Waals surface area contributed by atoms with Crippen LogP contribution in [-0.2, 0) is 6.54 Å². The molecule has 52 heavy (non-hydrogen) atoms. The van der Waals surface area contributed by atoms with Gasteiger partial charge in [0.15, 0.2) is 0 Å². The molecule has 0 radical (unpaired) electrons. The molecule has 0 bridgehead atoms. The van der Waals surface area contributed by atoms with Crippen LogP contribution in [0.3, 0.4) is 0 Å². The van der Waals surface area contributed by atoms with E-state index in [1.54, 1.807) is 0 Å². The molecule has 5 aromatic carbocycles. The lowest BCUT2D eigenvalue weighted by Gasteiger charge is -2.33. The van der Waals surface area contributed by atoms with E-state index >= 15 is 0 Å². The van der Waals surface area contributed by atoms with Crippen molar-refractivity contribution in [3.63, 3.8) is 0 Å². The first-order valence-electron chi connectivity index (χ1n) is 18.1. The predicted molar refractivity (Wildman–Crippen MR) is 218 cm³/mol. The highest BCUT2D eigenvalue weighted by Gasteiger charge is 2.43. The van der Waals surface area contributed by atoms with Crippen LogP contribution in [0.5, 0.6) is 0 Å². The number of rotatable bonds is 8. The van der Waals surface area contributed by atoms with E-state index in [2.05, 4.69) is 157 Å². The van der Waals surface area contributed by atoms with Gasteiger partial charge in [0.1, 0.15) is 11.2 Å². The lowest BCUT2D eigenvalue weighted by molar-refractivity contribution is 0.406. The third-order valence-corrected chi connectivity index (χ3v) is 14.0. The van der Waals surface area contributed by atoms with Gasteiger partial charge in [0.05, 0.1) is 12.3 Å². The predicted octanol–water partition coefficient (Wildman–Crippen LogP) is 10.7. The Morgan fingerprint density at radius 2 is 1.67 bits per heavy atom. The number of hydrogen-bond acceptors (Lipinski definition) is 6. The third-order valence-electron chi connectivity index (χ3n) is 11.2. The van der Waals surface area contributed by atoms with E-state index in [0.717, 1.165) is 39.6 Å². The van der Waals surface area contributed by atoms with Crippen LogP contribution in [0.4, 0.5) is 0 Å². The fraction of sp³-hybridized carbons (Fsp3) is 0.174. The molecule has 10 rings (SSSR count). The molecule has 6 unspecified atom stereocenters. The van der Waals surface area contributed by atoms with Crippen LogP contribution < -0.4 is 16.4 Å². The maximum atomic E-state index is 6.91. The third kappa shape index (κ3) is 5.36. The van der Waals surface area contributed by atoms with Crippen LogP contribution in [-0.4, -0.2) is 16.2 Å². The largest absolute Gasteiger partial charge is 0.455 e. The zero-order valence-electron chi connectivity index (χ0n) is 28.8. The Morgan fingerprint density at radius 3 is 2.60 bits per heavy atom. The number of nitrogens with one attached hydrogen (secondary N) is 2. The SMILES string of the molecule is CC12C=CC=CC1c1c(CNC(NC(N)c3ccccc3)C3=CC=CC4c5cc(-c6cccc7c6oc6ccccc67)ccc5SC34)cccc1S2. The first kappa shape index (κ1) is 32.1. The molecule has 0 saturated heterocycles. The average molecular weight is 714 g/mol. The van der Waals surface area contributed by atoms with E-state index in [1.807, 2.05) is 35.7 Å². The van der Waals surface area contributed by atoms with Gasteiger partial charge in [-0.2, -0.15) is 0 Å². The number of allylic oxidation sites excluding steroid dienone is 6. The second-order valence-electron chi connectivity index (χ2n) is 14.4. The van der Waals surface area contributed by atoms with Gasteiger partial charge in [-0.1, -0.05) is 127 Å². The van der Waals surface area contributed by atoms with Crippen molar-refractivity contribution in [3.8, 4) is 11.1 Å². The van der Waals surface area contributed by atoms with Crippen LogP contribution in [0.1, 0.15) is 47.2 Å². The summed E-state index contributed by atoms with van der Waals surface area (Å²) in [6.45, 7) is 3.09. The van der Waals surface area contributed by atoms with Crippen LogP contribution in [0, 0.1) is 0 Å². The van der Waals surface area contributed by atoms with Gasteiger partial charge in [-0.3, -0.25) is 10.6 Å². The molecule has 6 atom stereocenters. The van der Waals surface area contributed by atoms with Crippen LogP contribution in [0.15, 0.2) is 172 Å². The molecule has 4 nitrogen and oxygen atoms in total. The second-order valence-corrected chi connectivity index (χ2v) is 17.1. The highest BCUT2D eigenvalue weighted by atomic mass is 32.2. The number of para-hydroxylation sites is 2. The summed E-state index contributed by atoms with van der Waals surface area (Å²) in [7, 11) is 0. The lowest BCUT2D eigenvalue weighted by atomic mass is 9.81. The van der Waals surface area contributed by atoms with Gasteiger partial charge in [-0.25, -0.2) is 0 Å². The van der Waals surface area contributed by atoms with E-state index in [1.165, 1.54) is 37.6 Å². The highest BCUT2D eigenvalue weighted by Crippen LogP contribution is 2.57. The molecule has 0 fully saturated rings. The van der Waals surface area contributed by atoms with Crippen molar-refractivity contribution < 1.29 is 4.42 Å². The molecule has 256 valence electrons. The van der Waals surface area contributed by atoms with E-state index in [-0.39, 0.29) is 28.2 Å². The van der Waals surface area contributed by atoms with Crippen molar-refractivity contribution in [1.82, 2.24) is 10.6 Å². The summed E-state index contributed by atoms with van der Waals surface area (Å²) in [5.41, 5.74) is 17.6. The van der Waals surface area contributed by atoms with E-state index in [4.69, 9.17) is 10.2 Å². The lowest BCUT2D eigenvalue weighted by Crippen LogP contribution is -2.49. The molecule has 1 aromatic heterocycles. The molecule has 6 heteroatoms. The van der Waals surface area contributed by atoms with E-state index in [0.29, 0.717) is 5.92 Å². The minimum absolute atomic E-state index is 0.0471. The van der Waals surface area contributed by atoms with Gasteiger partial charge in [0, 0.05) is 54.5 Å². The van der Waals surface area contributed by atoms with Crippen molar-refractivity contribution in [2.24, 2.45) is 5.73 Å². The normalized spacial score (nSPS) is 23.7. The number of furan rings is 1. The van der Waals surface area contributed by atoms with Gasteiger partial charge in [0.2, 0.25) is 0 Å². The van der Waals surface area contributed by atoms with Gasteiger partial charge in [0.25, 0.3) is 0 Å². The zero-order chi connectivity index (χ0) is 34.8. The smallest absolute Gasteiger partial charge is 0.143 e. The summed E-state index contributed by atoms with van der Waals surface area (Å²) in [5, 5.41) is 10.3. The molecule has 0 amide bonds. The van der Waals surface area contributed by atoms with Crippen molar-refractivity contribution in [2.45, 2.75) is 57.4 Å². The Kier molecular flexibility index (Phi) is 7.93. The van der Waals surface area contributed by atoms with Crippen molar-refractivity contribution in [1.29, 1.82) is 0 Å². The number of hydrogen-bond donors (Lipinski definition) is 3. The van der Waals surface area contributed by atoms with Gasteiger partial charge < -0.3 is 10.2 Å². The standard InChI is InChI=1S/C46H39N3OS2/c1-46-25-8-7-20-37(46)41-30(14-9-22-40(41)52-46)27-48-45(49-44(47)28-12-3-2-4-13-28)35-19-11-18-34-36-26-29(23-24-39(36)51-43(34)35)31-16-10-17-33-32-15-5-6-21-38(32)50-42(31)33/h2-26,34,37,43-45,48-49H,27,47H2,1H3. The Hall–Kier alpha value is -4.56. The van der Waals surface area contributed by atoms with Crippen molar-refractivity contribution >= 4 is 45.5 Å². The first-order chi connectivity index (χ1) is 25.5. The molecule has 4 N–H and O–H groups in total. The summed E-state index contributed by atoms with van der Waals surface area (Å²) in [4.78, 5) is 2.71. The highest BCUT2D eigenvalue weighted by molar-refractivity contribution is 8.01. The van der Waals surface area contributed by atoms with Gasteiger partial charge >= 0.3 is 0 Å². The Balaban J connectivity index is 0.974. The summed E-state index contributed by atoms with van der Waals surface area (Å²) in [6.07, 6.45) is 15.6. The Labute approximate surface area is 313 Å². The average Bonchev–Trinajstić information content (AvgIpc) is 3.85. The zero-order valence-corrected chi connectivity index (χ0v) is 30.5. The molecular formula is C46H39N3OS2. The summed E-state index contributed by atoms with van der Waals surface area (Å²) < 4.78 is 6.49. The van der Waals surface area contributed by atoms with E-state index in [9.17, 15) is 0 Å². The maximum Gasteiger partial charge on any atom is 0.143 e. The molecule has 0 spiro atoms. The molecule has 2 aliphatic carbocycles. The minimum atomic E-state index is -0.333. The summed E-state index contributed by atoms with van der Waals surface area (Å²) >= 11 is 3.94. The first-order valence-corrected chi connectivity index (χ1v) is 19.8. The van der Waals surface area contributed by atoms with Gasteiger partial charge in [-0.15, -0.1) is 23.5 Å². The van der Waals surface area contributed by atoms with Crippen molar-refractivity contribution in [3.05, 3.63) is 180 Å².